The van der Waals surface area contributed by atoms with Gasteiger partial charge in [0.15, 0.2) is 0 Å². The number of nitrogens with one attached hydrogen (secondary N) is 2. The van der Waals surface area contributed by atoms with Crippen LogP contribution in [0.3, 0.4) is 0 Å². The molecule has 2 aromatic rings. The summed E-state index contributed by atoms with van der Waals surface area (Å²) in [6, 6.07) is 6.67. The van der Waals surface area contributed by atoms with Crippen LogP contribution in [-0.2, 0) is 18.2 Å². The largest absolute Gasteiger partial charge is 0.376 e. The lowest BCUT2D eigenvalue weighted by molar-refractivity contribution is 0.0858. The van der Waals surface area contributed by atoms with Crippen molar-refractivity contribution in [3.63, 3.8) is 0 Å². The number of ether oxygens (including phenoxy) is 1. The minimum Gasteiger partial charge on any atom is -0.376 e. The number of amides is 3. The van der Waals surface area contributed by atoms with Crippen LogP contribution in [0.2, 0.25) is 0 Å². The SMILES string of the molecule is CN(CCc1cnn(C)c1)C(=O)Nc1ccc(C(=O)NC[C@H]2CCCO2)cc1. The molecule has 0 bridgehead atoms. The Balaban J connectivity index is 1.44. The molecule has 0 spiro atoms. The summed E-state index contributed by atoms with van der Waals surface area (Å²) < 4.78 is 7.25. The van der Waals surface area contributed by atoms with Gasteiger partial charge in [-0.05, 0) is 49.1 Å². The van der Waals surface area contributed by atoms with E-state index in [1.807, 2.05) is 13.2 Å². The highest BCUT2D eigenvalue weighted by molar-refractivity contribution is 5.95. The topological polar surface area (TPSA) is 88.5 Å². The fourth-order valence-corrected chi connectivity index (χ4v) is 3.04. The molecule has 0 aliphatic carbocycles. The first-order chi connectivity index (χ1) is 13.5. The number of hydrogen-bond acceptors (Lipinski definition) is 4. The minimum absolute atomic E-state index is 0.115. The number of carbonyl (C=O) groups excluding carboxylic acids is 2. The van der Waals surface area contributed by atoms with Gasteiger partial charge >= 0.3 is 6.03 Å². The van der Waals surface area contributed by atoms with E-state index in [1.54, 1.807) is 47.1 Å². The predicted octanol–water partition coefficient (Wildman–Crippen LogP) is 2.04. The van der Waals surface area contributed by atoms with Crippen molar-refractivity contribution in [1.29, 1.82) is 0 Å². The van der Waals surface area contributed by atoms with Gasteiger partial charge in [-0.1, -0.05) is 0 Å². The number of rotatable bonds is 7. The monoisotopic (exact) mass is 385 g/mol. The van der Waals surface area contributed by atoms with Crippen molar-refractivity contribution in [2.45, 2.75) is 25.4 Å². The Bertz CT molecular complexity index is 796. The smallest absolute Gasteiger partial charge is 0.321 e. The van der Waals surface area contributed by atoms with Crippen LogP contribution in [0.4, 0.5) is 10.5 Å². The Morgan fingerprint density at radius 1 is 1.32 bits per heavy atom. The zero-order chi connectivity index (χ0) is 19.9. The molecule has 2 heterocycles. The lowest BCUT2D eigenvalue weighted by Gasteiger charge is -2.17. The molecule has 1 aromatic heterocycles. The maximum Gasteiger partial charge on any atom is 0.321 e. The van der Waals surface area contributed by atoms with E-state index in [0.29, 0.717) is 24.3 Å². The van der Waals surface area contributed by atoms with Gasteiger partial charge < -0.3 is 20.3 Å². The average Bonchev–Trinajstić information content (AvgIpc) is 3.36. The molecule has 1 aromatic carbocycles. The van der Waals surface area contributed by atoms with Gasteiger partial charge in [0.2, 0.25) is 0 Å². The molecule has 1 saturated heterocycles. The van der Waals surface area contributed by atoms with Crippen LogP contribution in [0.5, 0.6) is 0 Å². The number of carbonyl (C=O) groups is 2. The van der Waals surface area contributed by atoms with E-state index in [9.17, 15) is 9.59 Å². The Morgan fingerprint density at radius 2 is 2.11 bits per heavy atom. The van der Waals surface area contributed by atoms with E-state index in [1.165, 1.54) is 0 Å². The maximum atomic E-state index is 12.3. The molecule has 3 rings (SSSR count). The molecule has 1 atom stereocenters. The summed E-state index contributed by atoms with van der Waals surface area (Å²) in [4.78, 5) is 26.1. The van der Waals surface area contributed by atoms with Crippen molar-refractivity contribution < 1.29 is 14.3 Å². The van der Waals surface area contributed by atoms with Crippen molar-refractivity contribution in [3.8, 4) is 0 Å². The highest BCUT2D eigenvalue weighted by atomic mass is 16.5. The van der Waals surface area contributed by atoms with E-state index < -0.39 is 0 Å². The third-order valence-electron chi connectivity index (χ3n) is 4.75. The number of aryl methyl sites for hydroxylation is 1. The first-order valence-electron chi connectivity index (χ1n) is 9.51. The minimum atomic E-state index is -0.195. The molecule has 150 valence electrons. The van der Waals surface area contributed by atoms with Crippen LogP contribution in [0.15, 0.2) is 36.7 Å². The normalized spacial score (nSPS) is 16.0. The van der Waals surface area contributed by atoms with Gasteiger partial charge in [0.1, 0.15) is 0 Å². The van der Waals surface area contributed by atoms with E-state index in [0.717, 1.165) is 31.4 Å². The van der Waals surface area contributed by atoms with E-state index in [4.69, 9.17) is 4.74 Å². The van der Waals surface area contributed by atoms with Crippen LogP contribution in [0.25, 0.3) is 0 Å². The van der Waals surface area contributed by atoms with Crippen molar-refractivity contribution in [2.75, 3.05) is 32.1 Å². The molecule has 8 heteroatoms. The molecule has 1 fully saturated rings. The van der Waals surface area contributed by atoms with Gasteiger partial charge in [-0.3, -0.25) is 9.48 Å². The maximum absolute atomic E-state index is 12.3. The predicted molar refractivity (Wildman–Crippen MR) is 106 cm³/mol. The van der Waals surface area contributed by atoms with Crippen molar-refractivity contribution >= 4 is 17.6 Å². The van der Waals surface area contributed by atoms with Gasteiger partial charge in [0.25, 0.3) is 5.91 Å². The summed E-state index contributed by atoms with van der Waals surface area (Å²) >= 11 is 0. The van der Waals surface area contributed by atoms with Gasteiger partial charge in [-0.15, -0.1) is 0 Å². The van der Waals surface area contributed by atoms with E-state index >= 15 is 0 Å². The molecule has 0 unspecified atom stereocenters. The Morgan fingerprint density at radius 3 is 2.75 bits per heavy atom. The standard InChI is InChI=1S/C20H27N5O3/c1-24(10-9-15-12-22-25(2)14-15)20(27)23-17-7-5-16(6-8-17)19(26)21-13-18-4-3-11-28-18/h5-8,12,14,18H,3-4,9-11,13H2,1-2H3,(H,21,26)(H,23,27)/t18-/m1/s1. The van der Waals surface area contributed by atoms with Crippen LogP contribution in [-0.4, -0.2) is 59.5 Å². The van der Waals surface area contributed by atoms with Gasteiger partial charge in [0.05, 0.1) is 12.3 Å². The zero-order valence-electron chi connectivity index (χ0n) is 16.4. The first kappa shape index (κ1) is 19.9. The molecular formula is C20H27N5O3. The van der Waals surface area contributed by atoms with Crippen molar-refractivity contribution in [1.82, 2.24) is 20.0 Å². The second kappa shape index (κ2) is 9.36. The number of urea groups is 1. The Kier molecular flexibility index (Phi) is 6.65. The third kappa shape index (κ3) is 5.56. The summed E-state index contributed by atoms with van der Waals surface area (Å²) in [6.45, 7) is 1.88. The van der Waals surface area contributed by atoms with Crippen LogP contribution in [0.1, 0.15) is 28.8 Å². The van der Waals surface area contributed by atoms with Crippen LogP contribution < -0.4 is 10.6 Å². The molecule has 1 aliphatic heterocycles. The number of anilines is 1. The zero-order valence-corrected chi connectivity index (χ0v) is 16.4. The third-order valence-corrected chi connectivity index (χ3v) is 4.75. The quantitative estimate of drug-likeness (QED) is 0.763. The van der Waals surface area contributed by atoms with Gasteiger partial charge in [0, 0.05) is 51.2 Å². The molecule has 8 nitrogen and oxygen atoms in total. The molecule has 0 saturated carbocycles. The lowest BCUT2D eigenvalue weighted by atomic mass is 10.2. The highest BCUT2D eigenvalue weighted by Crippen LogP contribution is 2.13. The second-order valence-electron chi connectivity index (χ2n) is 7.05. The van der Waals surface area contributed by atoms with Gasteiger partial charge in [-0.25, -0.2) is 4.79 Å². The summed E-state index contributed by atoms with van der Waals surface area (Å²) in [7, 11) is 3.62. The number of hydrogen-bond donors (Lipinski definition) is 2. The fraction of sp³-hybridized carbons (Fsp3) is 0.450. The Labute approximate surface area is 164 Å². The highest BCUT2D eigenvalue weighted by Gasteiger charge is 2.16. The molecule has 28 heavy (non-hydrogen) atoms. The molecule has 2 N–H and O–H groups in total. The molecule has 1 aliphatic rings. The first-order valence-corrected chi connectivity index (χ1v) is 9.51. The summed E-state index contributed by atoms with van der Waals surface area (Å²) in [5.74, 6) is -0.137. The summed E-state index contributed by atoms with van der Waals surface area (Å²) in [5, 5.41) is 9.85. The second-order valence-corrected chi connectivity index (χ2v) is 7.05. The number of benzene rings is 1. The number of nitrogens with zero attached hydrogens (tertiary/aromatic N) is 3. The van der Waals surface area contributed by atoms with Crippen molar-refractivity contribution in [3.05, 3.63) is 47.8 Å². The fourth-order valence-electron chi connectivity index (χ4n) is 3.04. The van der Waals surface area contributed by atoms with E-state index in [2.05, 4.69) is 15.7 Å². The summed E-state index contributed by atoms with van der Waals surface area (Å²) in [5.41, 5.74) is 2.29. The number of likely N-dealkylation sites (N-methyl/N-ethyl adjacent to an activating group) is 1. The number of aromatic nitrogens is 2. The van der Waals surface area contributed by atoms with E-state index in [-0.39, 0.29) is 18.0 Å². The Hall–Kier alpha value is -2.87. The molecule has 0 radical (unpaired) electrons. The molecular weight excluding hydrogens is 358 g/mol. The lowest BCUT2D eigenvalue weighted by Crippen LogP contribution is -2.33. The van der Waals surface area contributed by atoms with Crippen LogP contribution >= 0.6 is 0 Å². The van der Waals surface area contributed by atoms with Crippen LogP contribution in [0, 0.1) is 0 Å². The summed E-state index contributed by atoms with van der Waals surface area (Å²) in [6.07, 6.45) is 6.62. The molecule has 3 amide bonds. The van der Waals surface area contributed by atoms with Crippen molar-refractivity contribution in [2.24, 2.45) is 7.05 Å². The van der Waals surface area contributed by atoms with Gasteiger partial charge in [-0.2, -0.15) is 5.10 Å². The average molecular weight is 385 g/mol.